The molecule has 1 atom stereocenters. The molecule has 0 heterocycles. The zero-order valence-corrected chi connectivity index (χ0v) is 12.2. The standard InChI is InChI=1S/C15H31NO2/c1-3-5-7-8-10-15(9-6-4-2)13-18-12-11-16-14-17/h14-15H,3-13H2,1-2H3,(H,16,17). The van der Waals surface area contributed by atoms with Gasteiger partial charge in [-0.05, 0) is 18.8 Å². The first-order chi connectivity index (χ1) is 8.85. The monoisotopic (exact) mass is 257 g/mol. The molecule has 0 aromatic carbocycles. The first-order valence-electron chi connectivity index (χ1n) is 7.59. The van der Waals surface area contributed by atoms with Gasteiger partial charge in [-0.1, -0.05) is 52.4 Å². The molecule has 0 rings (SSSR count). The molecule has 0 saturated heterocycles. The Morgan fingerprint density at radius 1 is 1.06 bits per heavy atom. The van der Waals surface area contributed by atoms with Gasteiger partial charge in [0.1, 0.15) is 0 Å². The van der Waals surface area contributed by atoms with Gasteiger partial charge in [-0.2, -0.15) is 0 Å². The normalized spacial score (nSPS) is 12.3. The Morgan fingerprint density at radius 3 is 2.44 bits per heavy atom. The van der Waals surface area contributed by atoms with Crippen LogP contribution in [-0.4, -0.2) is 26.2 Å². The van der Waals surface area contributed by atoms with E-state index in [1.165, 1.54) is 51.4 Å². The summed E-state index contributed by atoms with van der Waals surface area (Å²) in [6.07, 6.45) is 11.2. The van der Waals surface area contributed by atoms with Crippen molar-refractivity contribution in [1.29, 1.82) is 0 Å². The fourth-order valence-corrected chi connectivity index (χ4v) is 2.10. The Bertz CT molecular complexity index is 174. The van der Waals surface area contributed by atoms with Gasteiger partial charge in [0.05, 0.1) is 6.61 Å². The largest absolute Gasteiger partial charge is 0.379 e. The highest BCUT2D eigenvalue weighted by Gasteiger charge is 2.08. The van der Waals surface area contributed by atoms with Gasteiger partial charge in [0, 0.05) is 13.2 Å². The van der Waals surface area contributed by atoms with Crippen molar-refractivity contribution >= 4 is 6.41 Å². The molecule has 18 heavy (non-hydrogen) atoms. The van der Waals surface area contributed by atoms with Crippen LogP contribution in [0.2, 0.25) is 0 Å². The maximum absolute atomic E-state index is 10.1. The zero-order valence-electron chi connectivity index (χ0n) is 12.2. The molecule has 0 radical (unpaired) electrons. The lowest BCUT2D eigenvalue weighted by Gasteiger charge is -2.16. The van der Waals surface area contributed by atoms with Crippen molar-refractivity contribution in [2.24, 2.45) is 5.92 Å². The molecule has 0 fully saturated rings. The van der Waals surface area contributed by atoms with Gasteiger partial charge in [-0.3, -0.25) is 4.79 Å². The minimum absolute atomic E-state index is 0.625. The van der Waals surface area contributed by atoms with Crippen LogP contribution in [-0.2, 0) is 9.53 Å². The second kappa shape index (κ2) is 14.5. The third-order valence-electron chi connectivity index (χ3n) is 3.26. The summed E-state index contributed by atoms with van der Waals surface area (Å²) in [6.45, 7) is 6.60. The lowest BCUT2D eigenvalue weighted by atomic mass is 9.96. The van der Waals surface area contributed by atoms with E-state index >= 15 is 0 Å². The molecular formula is C15H31NO2. The van der Waals surface area contributed by atoms with Crippen molar-refractivity contribution < 1.29 is 9.53 Å². The third kappa shape index (κ3) is 11.9. The van der Waals surface area contributed by atoms with Gasteiger partial charge in [0.2, 0.25) is 6.41 Å². The highest BCUT2D eigenvalue weighted by atomic mass is 16.5. The Kier molecular flexibility index (Phi) is 14.0. The summed E-state index contributed by atoms with van der Waals surface area (Å²) in [5, 5.41) is 2.62. The van der Waals surface area contributed by atoms with Crippen molar-refractivity contribution in [3.05, 3.63) is 0 Å². The van der Waals surface area contributed by atoms with E-state index in [2.05, 4.69) is 19.2 Å². The van der Waals surface area contributed by atoms with Gasteiger partial charge >= 0.3 is 0 Å². The lowest BCUT2D eigenvalue weighted by Crippen LogP contribution is -2.20. The number of ether oxygens (including phenoxy) is 1. The average molecular weight is 257 g/mol. The van der Waals surface area contributed by atoms with Gasteiger partial charge in [-0.25, -0.2) is 0 Å². The number of rotatable bonds is 14. The van der Waals surface area contributed by atoms with Gasteiger partial charge in [0.25, 0.3) is 0 Å². The molecule has 3 nitrogen and oxygen atoms in total. The fourth-order valence-electron chi connectivity index (χ4n) is 2.10. The summed E-state index contributed by atoms with van der Waals surface area (Å²) in [6, 6.07) is 0. The second-order valence-electron chi connectivity index (χ2n) is 5.00. The fraction of sp³-hybridized carbons (Fsp3) is 0.933. The Labute approximate surface area is 113 Å². The van der Waals surface area contributed by atoms with E-state index in [1.807, 2.05) is 0 Å². The molecule has 0 spiro atoms. The molecule has 0 bridgehead atoms. The topological polar surface area (TPSA) is 38.3 Å². The number of hydrogen-bond acceptors (Lipinski definition) is 2. The Hall–Kier alpha value is -0.570. The summed E-state index contributed by atoms with van der Waals surface area (Å²) in [4.78, 5) is 10.1. The minimum Gasteiger partial charge on any atom is -0.379 e. The highest BCUT2D eigenvalue weighted by Crippen LogP contribution is 2.17. The van der Waals surface area contributed by atoms with Crippen LogP contribution in [0, 0.1) is 5.92 Å². The first kappa shape index (κ1) is 17.4. The number of amides is 1. The zero-order chi connectivity index (χ0) is 13.5. The van der Waals surface area contributed by atoms with E-state index < -0.39 is 0 Å². The molecule has 0 aliphatic heterocycles. The first-order valence-corrected chi connectivity index (χ1v) is 7.59. The van der Waals surface area contributed by atoms with E-state index in [0.717, 1.165) is 13.0 Å². The molecule has 1 unspecified atom stereocenters. The van der Waals surface area contributed by atoms with Crippen LogP contribution in [0.3, 0.4) is 0 Å². The maximum Gasteiger partial charge on any atom is 0.207 e. The van der Waals surface area contributed by atoms with Crippen molar-refractivity contribution in [2.75, 3.05) is 19.8 Å². The summed E-state index contributed by atoms with van der Waals surface area (Å²) >= 11 is 0. The van der Waals surface area contributed by atoms with E-state index in [4.69, 9.17) is 4.74 Å². The predicted octanol–water partition coefficient (Wildman–Crippen LogP) is 3.53. The minimum atomic E-state index is 0.625. The van der Waals surface area contributed by atoms with Crippen molar-refractivity contribution in [2.45, 2.75) is 65.2 Å². The number of carbonyl (C=O) groups is 1. The van der Waals surface area contributed by atoms with Crippen LogP contribution < -0.4 is 5.32 Å². The number of nitrogens with one attached hydrogen (secondary N) is 1. The van der Waals surface area contributed by atoms with Crippen LogP contribution in [0.25, 0.3) is 0 Å². The Morgan fingerprint density at radius 2 is 1.78 bits per heavy atom. The molecule has 0 aliphatic carbocycles. The van der Waals surface area contributed by atoms with Gasteiger partial charge in [-0.15, -0.1) is 0 Å². The lowest BCUT2D eigenvalue weighted by molar-refractivity contribution is -0.109. The summed E-state index contributed by atoms with van der Waals surface area (Å²) in [7, 11) is 0. The molecule has 0 aromatic rings. The molecule has 0 aliphatic rings. The van der Waals surface area contributed by atoms with Crippen LogP contribution in [0.5, 0.6) is 0 Å². The Balaban J connectivity index is 3.59. The van der Waals surface area contributed by atoms with Crippen molar-refractivity contribution in [1.82, 2.24) is 5.32 Å². The third-order valence-corrected chi connectivity index (χ3v) is 3.26. The quantitative estimate of drug-likeness (QED) is 0.382. The molecule has 3 heteroatoms. The summed E-state index contributed by atoms with van der Waals surface area (Å²) in [5.74, 6) is 0.707. The van der Waals surface area contributed by atoms with Crippen LogP contribution in [0.1, 0.15) is 65.2 Å². The molecular weight excluding hydrogens is 226 g/mol. The van der Waals surface area contributed by atoms with Crippen molar-refractivity contribution in [3.63, 3.8) is 0 Å². The average Bonchev–Trinajstić information content (AvgIpc) is 2.39. The molecule has 1 amide bonds. The van der Waals surface area contributed by atoms with Crippen LogP contribution in [0.4, 0.5) is 0 Å². The maximum atomic E-state index is 10.1. The smallest absolute Gasteiger partial charge is 0.207 e. The summed E-state index contributed by atoms with van der Waals surface area (Å²) < 4.78 is 5.63. The van der Waals surface area contributed by atoms with E-state index in [1.54, 1.807) is 0 Å². The van der Waals surface area contributed by atoms with E-state index in [-0.39, 0.29) is 0 Å². The SMILES string of the molecule is CCCCCCC(CCCC)COCCNC=O. The van der Waals surface area contributed by atoms with Crippen molar-refractivity contribution in [3.8, 4) is 0 Å². The predicted molar refractivity (Wildman–Crippen MR) is 76.7 cm³/mol. The van der Waals surface area contributed by atoms with E-state index in [0.29, 0.717) is 19.1 Å². The van der Waals surface area contributed by atoms with Gasteiger partial charge in [0.15, 0.2) is 0 Å². The molecule has 0 saturated carbocycles. The molecule has 0 aromatic heterocycles. The molecule has 108 valence electrons. The molecule has 1 N–H and O–H groups in total. The number of hydrogen-bond donors (Lipinski definition) is 1. The van der Waals surface area contributed by atoms with Crippen LogP contribution in [0.15, 0.2) is 0 Å². The second-order valence-corrected chi connectivity index (χ2v) is 5.00. The number of unbranched alkanes of at least 4 members (excludes halogenated alkanes) is 4. The highest BCUT2D eigenvalue weighted by molar-refractivity contribution is 5.45. The number of carbonyl (C=O) groups excluding carboxylic acids is 1. The summed E-state index contributed by atoms with van der Waals surface area (Å²) in [5.41, 5.74) is 0. The van der Waals surface area contributed by atoms with E-state index in [9.17, 15) is 4.79 Å². The van der Waals surface area contributed by atoms with Crippen LogP contribution >= 0.6 is 0 Å². The van der Waals surface area contributed by atoms with Gasteiger partial charge < -0.3 is 10.1 Å².